The Bertz CT molecular complexity index is 694. The SMILES string of the molecule is CN(C)CCN(C(=O)C1CCCC1)c1nc2ccc(F)cc2s1. The predicted molar refractivity (Wildman–Crippen MR) is 92.4 cm³/mol. The predicted octanol–water partition coefficient (Wildman–Crippen LogP) is 3.52. The fourth-order valence-electron chi connectivity index (χ4n) is 2.99. The fourth-order valence-corrected chi connectivity index (χ4v) is 4.02. The minimum absolute atomic E-state index is 0.112. The molecule has 1 aromatic carbocycles. The normalized spacial score (nSPS) is 15.7. The van der Waals surface area contributed by atoms with Crippen molar-refractivity contribution in [3.05, 3.63) is 24.0 Å². The second-order valence-electron chi connectivity index (χ2n) is 6.38. The average molecular weight is 335 g/mol. The molecule has 1 amide bonds. The van der Waals surface area contributed by atoms with Gasteiger partial charge in [0.1, 0.15) is 5.82 Å². The third-order valence-corrected chi connectivity index (χ3v) is 5.35. The Morgan fingerprint density at radius 1 is 1.30 bits per heavy atom. The quantitative estimate of drug-likeness (QED) is 0.839. The Hall–Kier alpha value is -1.53. The van der Waals surface area contributed by atoms with Gasteiger partial charge in [-0.1, -0.05) is 24.2 Å². The third-order valence-electron chi connectivity index (χ3n) is 4.31. The van der Waals surface area contributed by atoms with E-state index < -0.39 is 0 Å². The van der Waals surface area contributed by atoms with Crippen LogP contribution in [0.3, 0.4) is 0 Å². The van der Waals surface area contributed by atoms with Crippen LogP contribution in [0.2, 0.25) is 0 Å². The standard InChI is InChI=1S/C17H22FN3OS/c1-20(2)9-10-21(16(22)12-5-3-4-6-12)17-19-14-8-7-13(18)11-15(14)23-17/h7-8,11-12H,3-6,9-10H2,1-2H3. The van der Waals surface area contributed by atoms with Crippen LogP contribution in [0, 0.1) is 11.7 Å². The first-order valence-electron chi connectivity index (χ1n) is 8.07. The lowest BCUT2D eigenvalue weighted by molar-refractivity contribution is -0.122. The van der Waals surface area contributed by atoms with Crippen LogP contribution in [0.25, 0.3) is 10.2 Å². The maximum atomic E-state index is 13.4. The molecule has 3 rings (SSSR count). The number of fused-ring (bicyclic) bond motifs is 1. The molecule has 0 aliphatic heterocycles. The summed E-state index contributed by atoms with van der Waals surface area (Å²) in [5, 5.41) is 0.685. The zero-order valence-electron chi connectivity index (χ0n) is 13.6. The Kier molecular flexibility index (Phi) is 4.92. The van der Waals surface area contributed by atoms with Crippen molar-refractivity contribution >= 4 is 32.6 Å². The molecule has 23 heavy (non-hydrogen) atoms. The number of carbonyl (C=O) groups excluding carboxylic acids is 1. The number of benzene rings is 1. The van der Waals surface area contributed by atoms with Gasteiger partial charge in [0.05, 0.1) is 10.2 Å². The maximum Gasteiger partial charge on any atom is 0.231 e. The van der Waals surface area contributed by atoms with Crippen LogP contribution < -0.4 is 4.90 Å². The van der Waals surface area contributed by atoms with E-state index in [1.165, 1.54) is 23.5 Å². The van der Waals surface area contributed by atoms with E-state index in [2.05, 4.69) is 9.88 Å². The highest BCUT2D eigenvalue weighted by Crippen LogP contribution is 2.33. The van der Waals surface area contributed by atoms with Crippen LogP contribution in [0.1, 0.15) is 25.7 Å². The van der Waals surface area contributed by atoms with E-state index in [0.29, 0.717) is 11.7 Å². The zero-order valence-corrected chi connectivity index (χ0v) is 14.4. The first kappa shape index (κ1) is 16.3. The molecule has 0 N–H and O–H groups in total. The highest BCUT2D eigenvalue weighted by Gasteiger charge is 2.29. The van der Waals surface area contributed by atoms with Gasteiger partial charge >= 0.3 is 0 Å². The molecule has 0 unspecified atom stereocenters. The molecule has 0 bridgehead atoms. The summed E-state index contributed by atoms with van der Waals surface area (Å²) in [6, 6.07) is 4.57. The number of carbonyl (C=O) groups is 1. The van der Waals surface area contributed by atoms with E-state index in [1.807, 2.05) is 14.1 Å². The van der Waals surface area contributed by atoms with Crippen molar-refractivity contribution in [1.82, 2.24) is 9.88 Å². The lowest BCUT2D eigenvalue weighted by atomic mass is 10.1. The highest BCUT2D eigenvalue weighted by molar-refractivity contribution is 7.22. The molecular formula is C17H22FN3OS. The Labute approximate surface area is 139 Å². The molecule has 1 aromatic heterocycles. The number of amides is 1. The van der Waals surface area contributed by atoms with Gasteiger partial charge in [-0.05, 0) is 45.1 Å². The Morgan fingerprint density at radius 3 is 2.74 bits per heavy atom. The van der Waals surface area contributed by atoms with Gasteiger partial charge in [0.25, 0.3) is 0 Å². The van der Waals surface area contributed by atoms with E-state index in [9.17, 15) is 9.18 Å². The number of aromatic nitrogens is 1. The van der Waals surface area contributed by atoms with Crippen LogP contribution in [-0.2, 0) is 4.79 Å². The lowest BCUT2D eigenvalue weighted by Crippen LogP contribution is -2.39. The van der Waals surface area contributed by atoms with Gasteiger partial charge in [-0.15, -0.1) is 0 Å². The summed E-state index contributed by atoms with van der Waals surface area (Å²) in [7, 11) is 3.98. The maximum absolute atomic E-state index is 13.4. The van der Waals surface area contributed by atoms with E-state index in [0.717, 1.165) is 42.4 Å². The molecule has 2 aromatic rings. The van der Waals surface area contributed by atoms with Crippen molar-refractivity contribution in [2.45, 2.75) is 25.7 Å². The van der Waals surface area contributed by atoms with Crippen LogP contribution in [0.5, 0.6) is 0 Å². The summed E-state index contributed by atoms with van der Waals surface area (Å²) >= 11 is 1.39. The van der Waals surface area contributed by atoms with Gasteiger partial charge in [-0.3, -0.25) is 9.69 Å². The number of halogens is 1. The summed E-state index contributed by atoms with van der Waals surface area (Å²) in [6.07, 6.45) is 4.19. The summed E-state index contributed by atoms with van der Waals surface area (Å²) in [5.41, 5.74) is 0.750. The molecule has 1 saturated carbocycles. The summed E-state index contributed by atoms with van der Waals surface area (Å²) in [5.74, 6) is 0.0134. The lowest BCUT2D eigenvalue weighted by Gasteiger charge is -2.24. The third kappa shape index (κ3) is 3.70. The Balaban J connectivity index is 1.89. The van der Waals surface area contributed by atoms with Gasteiger partial charge in [-0.25, -0.2) is 9.37 Å². The monoisotopic (exact) mass is 335 g/mol. The number of thiazole rings is 1. The van der Waals surface area contributed by atoms with Crippen molar-refractivity contribution in [1.29, 1.82) is 0 Å². The van der Waals surface area contributed by atoms with E-state index in [-0.39, 0.29) is 17.6 Å². The number of rotatable bonds is 5. The Morgan fingerprint density at radius 2 is 2.04 bits per heavy atom. The zero-order chi connectivity index (χ0) is 16.4. The van der Waals surface area contributed by atoms with E-state index in [1.54, 1.807) is 11.0 Å². The van der Waals surface area contributed by atoms with E-state index in [4.69, 9.17) is 0 Å². The number of hydrogen-bond donors (Lipinski definition) is 0. The number of likely N-dealkylation sites (N-methyl/N-ethyl adjacent to an activating group) is 1. The molecule has 0 spiro atoms. The summed E-state index contributed by atoms with van der Waals surface area (Å²) in [6.45, 7) is 1.40. The number of nitrogens with zero attached hydrogens (tertiary/aromatic N) is 3. The van der Waals surface area contributed by atoms with Crippen LogP contribution in [0.4, 0.5) is 9.52 Å². The highest BCUT2D eigenvalue weighted by atomic mass is 32.1. The fraction of sp³-hybridized carbons (Fsp3) is 0.529. The van der Waals surface area contributed by atoms with E-state index >= 15 is 0 Å². The summed E-state index contributed by atoms with van der Waals surface area (Å²) < 4.78 is 14.2. The first-order valence-corrected chi connectivity index (χ1v) is 8.88. The number of anilines is 1. The second-order valence-corrected chi connectivity index (χ2v) is 7.39. The molecule has 6 heteroatoms. The molecule has 0 atom stereocenters. The first-order chi connectivity index (χ1) is 11.0. The second kappa shape index (κ2) is 6.93. The van der Waals surface area contributed by atoms with Gasteiger partial charge in [0.2, 0.25) is 5.91 Å². The number of hydrogen-bond acceptors (Lipinski definition) is 4. The van der Waals surface area contributed by atoms with Crippen molar-refractivity contribution in [2.75, 3.05) is 32.1 Å². The topological polar surface area (TPSA) is 36.4 Å². The molecule has 1 aliphatic carbocycles. The molecular weight excluding hydrogens is 313 g/mol. The molecule has 4 nitrogen and oxygen atoms in total. The van der Waals surface area contributed by atoms with Crippen molar-refractivity contribution in [3.63, 3.8) is 0 Å². The van der Waals surface area contributed by atoms with Gasteiger partial charge < -0.3 is 4.90 Å². The van der Waals surface area contributed by atoms with Crippen LogP contribution in [-0.4, -0.2) is 43.0 Å². The van der Waals surface area contributed by atoms with Gasteiger partial charge in [0.15, 0.2) is 5.13 Å². The van der Waals surface area contributed by atoms with Crippen molar-refractivity contribution < 1.29 is 9.18 Å². The largest absolute Gasteiger partial charge is 0.308 e. The minimum Gasteiger partial charge on any atom is -0.308 e. The average Bonchev–Trinajstić information content (AvgIpc) is 3.15. The van der Waals surface area contributed by atoms with Crippen LogP contribution >= 0.6 is 11.3 Å². The van der Waals surface area contributed by atoms with Gasteiger partial charge in [0, 0.05) is 19.0 Å². The van der Waals surface area contributed by atoms with Crippen LogP contribution in [0.15, 0.2) is 18.2 Å². The molecule has 1 heterocycles. The molecule has 1 fully saturated rings. The van der Waals surface area contributed by atoms with Gasteiger partial charge in [-0.2, -0.15) is 0 Å². The smallest absolute Gasteiger partial charge is 0.231 e. The molecule has 124 valence electrons. The molecule has 0 saturated heterocycles. The summed E-state index contributed by atoms with van der Waals surface area (Å²) in [4.78, 5) is 21.3. The minimum atomic E-state index is -0.269. The van der Waals surface area contributed by atoms with Crippen molar-refractivity contribution in [3.8, 4) is 0 Å². The molecule has 0 radical (unpaired) electrons. The van der Waals surface area contributed by atoms with Crippen molar-refractivity contribution in [2.24, 2.45) is 5.92 Å². The molecule has 1 aliphatic rings.